The first-order valence-corrected chi connectivity index (χ1v) is 9.33. The lowest BCUT2D eigenvalue weighted by atomic mass is 9.99. The van der Waals surface area contributed by atoms with Crippen molar-refractivity contribution >= 4 is 5.78 Å². The molecule has 0 amide bonds. The molecule has 0 aliphatic heterocycles. The number of benzene rings is 1. The third-order valence-electron chi connectivity index (χ3n) is 4.48. The Hall–Kier alpha value is -1.59. The van der Waals surface area contributed by atoms with E-state index in [0.29, 0.717) is 29.5 Å². The predicted octanol–water partition coefficient (Wildman–Crippen LogP) is 2.42. The minimum atomic E-state index is -0.541. The Balaban J connectivity index is 2.40. The Morgan fingerprint density at radius 2 is 2.00 bits per heavy atom. The van der Waals surface area contributed by atoms with E-state index in [0.717, 1.165) is 6.54 Å². The monoisotopic (exact) mass is 352 g/mol. The third-order valence-corrected chi connectivity index (χ3v) is 4.48. The van der Waals surface area contributed by atoms with Crippen molar-refractivity contribution in [3.8, 4) is 11.5 Å². The minimum Gasteiger partial charge on any atom is -0.493 e. The summed E-state index contributed by atoms with van der Waals surface area (Å²) < 4.78 is 10.9. The highest BCUT2D eigenvalue weighted by Gasteiger charge is 2.14. The van der Waals surface area contributed by atoms with Gasteiger partial charge in [-0.25, -0.2) is 0 Å². The molecule has 0 fully saturated rings. The molecule has 25 heavy (non-hydrogen) atoms. The summed E-state index contributed by atoms with van der Waals surface area (Å²) in [6.07, 6.45) is 4.41. The lowest BCUT2D eigenvalue weighted by Crippen LogP contribution is -2.87. The zero-order valence-corrected chi connectivity index (χ0v) is 16.1. The number of Topliss-reactive ketones (excluding diaryl/α,β-unsaturated/α-hetero) is 1. The van der Waals surface area contributed by atoms with Gasteiger partial charge in [0.25, 0.3) is 0 Å². The number of hydrogen-bond donors (Lipinski definition) is 2. The van der Waals surface area contributed by atoms with Crippen LogP contribution in [-0.4, -0.2) is 43.8 Å². The molecule has 0 spiro atoms. The van der Waals surface area contributed by atoms with Gasteiger partial charge in [-0.3, -0.25) is 4.79 Å². The summed E-state index contributed by atoms with van der Waals surface area (Å²) in [5, 5.41) is 12.3. The van der Waals surface area contributed by atoms with Gasteiger partial charge in [0.15, 0.2) is 17.3 Å². The van der Waals surface area contributed by atoms with Gasteiger partial charge in [-0.2, -0.15) is 0 Å². The summed E-state index contributed by atoms with van der Waals surface area (Å²) in [4.78, 5) is 11.4. The molecule has 0 saturated carbocycles. The summed E-state index contributed by atoms with van der Waals surface area (Å²) in [5.41, 5.74) is 0.579. The van der Waals surface area contributed by atoms with Crippen LogP contribution in [0.2, 0.25) is 0 Å². The van der Waals surface area contributed by atoms with Gasteiger partial charge in [0.05, 0.1) is 13.7 Å². The largest absolute Gasteiger partial charge is 0.493 e. The molecule has 0 radical (unpaired) electrons. The van der Waals surface area contributed by atoms with Crippen LogP contribution in [0.4, 0.5) is 0 Å². The molecule has 3 N–H and O–H groups in total. The number of quaternary nitrogens is 1. The topological polar surface area (TPSA) is 72.4 Å². The maximum absolute atomic E-state index is 11.4. The smallest absolute Gasteiger partial charge is 0.161 e. The lowest BCUT2D eigenvalue weighted by molar-refractivity contribution is -0.666. The van der Waals surface area contributed by atoms with E-state index >= 15 is 0 Å². The van der Waals surface area contributed by atoms with E-state index in [1.54, 1.807) is 18.2 Å². The second kappa shape index (κ2) is 11.9. The van der Waals surface area contributed by atoms with Crippen LogP contribution in [0.3, 0.4) is 0 Å². The second-order valence-electron chi connectivity index (χ2n) is 6.56. The number of carbonyl (C=O) groups excluding carboxylic acids is 1. The van der Waals surface area contributed by atoms with Crippen LogP contribution in [-0.2, 0) is 0 Å². The van der Waals surface area contributed by atoms with Crippen LogP contribution in [0.15, 0.2) is 18.2 Å². The third kappa shape index (κ3) is 7.88. The Bertz CT molecular complexity index is 518. The molecule has 2 atom stereocenters. The molecule has 0 aliphatic carbocycles. The second-order valence-corrected chi connectivity index (χ2v) is 6.56. The van der Waals surface area contributed by atoms with Crippen molar-refractivity contribution in [3.05, 3.63) is 23.8 Å². The molecule has 0 bridgehead atoms. The van der Waals surface area contributed by atoms with Gasteiger partial charge in [-0.05, 0) is 38.0 Å². The number of rotatable bonds is 13. The maximum atomic E-state index is 11.4. The number of hydrogen-bond acceptors (Lipinski definition) is 4. The number of aliphatic hydroxyl groups excluding tert-OH is 1. The van der Waals surface area contributed by atoms with E-state index < -0.39 is 6.10 Å². The van der Waals surface area contributed by atoms with Gasteiger partial charge in [0, 0.05) is 11.5 Å². The van der Waals surface area contributed by atoms with Crippen molar-refractivity contribution in [2.75, 3.05) is 26.8 Å². The number of unbranched alkanes of at least 4 members (excludes halogenated alkanes) is 1. The van der Waals surface area contributed by atoms with Gasteiger partial charge in [0.2, 0.25) is 0 Å². The number of nitrogens with two attached hydrogens (primary N) is 1. The minimum absolute atomic E-state index is 0.0203. The van der Waals surface area contributed by atoms with Crippen LogP contribution in [0.5, 0.6) is 11.5 Å². The van der Waals surface area contributed by atoms with E-state index in [1.165, 1.54) is 39.7 Å². The number of ketones is 1. The molecule has 142 valence electrons. The zero-order valence-electron chi connectivity index (χ0n) is 16.1. The molecular formula is C20H34NO4+. The van der Waals surface area contributed by atoms with Crippen LogP contribution in [0.1, 0.15) is 56.8 Å². The molecule has 1 rings (SSSR count). The van der Waals surface area contributed by atoms with Crippen LogP contribution >= 0.6 is 0 Å². The molecule has 0 heterocycles. The predicted molar refractivity (Wildman–Crippen MR) is 99.5 cm³/mol. The van der Waals surface area contributed by atoms with Gasteiger partial charge in [-0.15, -0.1) is 0 Å². The fourth-order valence-corrected chi connectivity index (χ4v) is 2.77. The van der Waals surface area contributed by atoms with Crippen molar-refractivity contribution in [2.24, 2.45) is 5.92 Å². The molecule has 1 aromatic rings. The highest BCUT2D eigenvalue weighted by atomic mass is 16.5. The zero-order chi connectivity index (χ0) is 18.7. The van der Waals surface area contributed by atoms with E-state index in [9.17, 15) is 9.90 Å². The number of ether oxygens (including phenoxy) is 2. The SMILES string of the molecule is CCCC[C@@H](CC)C[NH2+]C[C@H](O)COc1ccc(C(C)=O)cc1OC. The first-order chi connectivity index (χ1) is 12.0. The Kier molecular flexibility index (Phi) is 10.2. The molecule has 0 aromatic heterocycles. The van der Waals surface area contributed by atoms with Crippen molar-refractivity contribution in [1.29, 1.82) is 0 Å². The summed E-state index contributed by atoms with van der Waals surface area (Å²) in [7, 11) is 1.54. The van der Waals surface area contributed by atoms with Crippen molar-refractivity contribution < 1.29 is 24.7 Å². The highest BCUT2D eigenvalue weighted by molar-refractivity contribution is 5.94. The van der Waals surface area contributed by atoms with E-state index in [-0.39, 0.29) is 12.4 Å². The van der Waals surface area contributed by atoms with Crippen molar-refractivity contribution in [1.82, 2.24) is 0 Å². The van der Waals surface area contributed by atoms with Gasteiger partial charge in [-0.1, -0.05) is 26.7 Å². The number of carbonyl (C=O) groups is 1. The van der Waals surface area contributed by atoms with Crippen LogP contribution < -0.4 is 14.8 Å². The number of methoxy groups -OCH3 is 1. The molecule has 5 heteroatoms. The van der Waals surface area contributed by atoms with E-state index in [2.05, 4.69) is 19.2 Å². The Morgan fingerprint density at radius 1 is 1.24 bits per heavy atom. The van der Waals surface area contributed by atoms with E-state index in [1.807, 2.05) is 0 Å². The molecule has 5 nitrogen and oxygen atoms in total. The summed E-state index contributed by atoms with van der Waals surface area (Å²) in [6.45, 7) is 7.83. The summed E-state index contributed by atoms with van der Waals surface area (Å²) >= 11 is 0. The van der Waals surface area contributed by atoms with Gasteiger partial charge in [0.1, 0.15) is 19.3 Å². The van der Waals surface area contributed by atoms with Crippen molar-refractivity contribution in [3.63, 3.8) is 0 Å². The Labute approximate surface area is 151 Å². The first kappa shape index (κ1) is 21.5. The fourth-order valence-electron chi connectivity index (χ4n) is 2.77. The van der Waals surface area contributed by atoms with Crippen molar-refractivity contribution in [2.45, 2.75) is 52.6 Å². The lowest BCUT2D eigenvalue weighted by Gasteiger charge is -2.16. The normalized spacial score (nSPS) is 13.3. The van der Waals surface area contributed by atoms with Gasteiger partial charge >= 0.3 is 0 Å². The molecule has 0 saturated heterocycles. The quantitative estimate of drug-likeness (QED) is 0.535. The Morgan fingerprint density at radius 3 is 2.60 bits per heavy atom. The number of aliphatic hydroxyl groups is 1. The highest BCUT2D eigenvalue weighted by Crippen LogP contribution is 2.28. The summed E-state index contributed by atoms with van der Waals surface area (Å²) in [5.74, 6) is 1.75. The molecule has 0 unspecified atom stereocenters. The average molecular weight is 352 g/mol. The van der Waals surface area contributed by atoms with Gasteiger partial charge < -0.3 is 19.9 Å². The molecular weight excluding hydrogens is 318 g/mol. The fraction of sp³-hybridized carbons (Fsp3) is 0.650. The maximum Gasteiger partial charge on any atom is 0.161 e. The molecule has 1 aromatic carbocycles. The van der Waals surface area contributed by atoms with Crippen LogP contribution in [0.25, 0.3) is 0 Å². The average Bonchev–Trinajstić information content (AvgIpc) is 2.62. The molecule has 0 aliphatic rings. The summed E-state index contributed by atoms with van der Waals surface area (Å²) in [6, 6.07) is 5.08. The first-order valence-electron chi connectivity index (χ1n) is 9.33. The van der Waals surface area contributed by atoms with E-state index in [4.69, 9.17) is 9.47 Å². The standard InChI is InChI=1S/C20H33NO4/c1-5-7-8-16(6-2)12-21-13-18(23)14-25-19-10-9-17(15(3)22)11-20(19)24-4/h9-11,16,18,21,23H,5-8,12-14H2,1-4H3/p+1/t16-,18+/m1/s1. The van der Waals surface area contributed by atoms with Crippen LogP contribution in [0, 0.1) is 5.92 Å².